The molecular weight excluding hydrogens is 334 g/mol. The molecule has 0 fully saturated rings. The van der Waals surface area contributed by atoms with Crippen LogP contribution in [0.3, 0.4) is 0 Å². The number of nitrogen functional groups attached to an aromatic ring is 1. The summed E-state index contributed by atoms with van der Waals surface area (Å²) in [6.07, 6.45) is 1.77. The van der Waals surface area contributed by atoms with Crippen LogP contribution in [0.25, 0.3) is 11.1 Å². The molecule has 2 N–H and O–H groups in total. The van der Waals surface area contributed by atoms with Crippen molar-refractivity contribution in [1.29, 1.82) is 0 Å². The van der Waals surface area contributed by atoms with Crippen LogP contribution < -0.4 is 15.2 Å². The molecule has 0 aliphatic rings. The van der Waals surface area contributed by atoms with Crippen molar-refractivity contribution in [3.05, 3.63) is 22.3 Å². The highest BCUT2D eigenvalue weighted by Gasteiger charge is 2.23. The van der Waals surface area contributed by atoms with E-state index in [1.165, 1.54) is 0 Å². The van der Waals surface area contributed by atoms with Crippen molar-refractivity contribution >= 4 is 21.7 Å². The van der Waals surface area contributed by atoms with E-state index in [2.05, 4.69) is 34.9 Å². The number of ether oxygens (including phenoxy) is 2. The molecule has 6 heteroatoms. The number of nitrogens with two attached hydrogens (primary N) is 1. The molecule has 0 aliphatic carbocycles. The van der Waals surface area contributed by atoms with E-state index >= 15 is 0 Å². The molecule has 0 bridgehead atoms. The monoisotopic (exact) mass is 353 g/mol. The van der Waals surface area contributed by atoms with Crippen molar-refractivity contribution in [1.82, 2.24) is 9.78 Å². The molecule has 2 rings (SSSR count). The fourth-order valence-electron chi connectivity index (χ4n) is 2.47. The fourth-order valence-corrected chi connectivity index (χ4v) is 3.04. The number of halogens is 1. The summed E-state index contributed by atoms with van der Waals surface area (Å²) in [6, 6.07) is 2.00. The van der Waals surface area contributed by atoms with Crippen LogP contribution in [-0.4, -0.2) is 24.0 Å². The Hall–Kier alpha value is -1.69. The van der Waals surface area contributed by atoms with Crippen molar-refractivity contribution in [2.45, 2.75) is 19.8 Å². The zero-order chi connectivity index (χ0) is 15.7. The first-order chi connectivity index (χ1) is 9.92. The van der Waals surface area contributed by atoms with Crippen LogP contribution in [0.5, 0.6) is 11.5 Å². The van der Waals surface area contributed by atoms with Gasteiger partial charge in [0.1, 0.15) is 5.82 Å². The first-order valence-electron chi connectivity index (χ1n) is 6.64. The van der Waals surface area contributed by atoms with Crippen molar-refractivity contribution in [3.63, 3.8) is 0 Å². The SMILES string of the molecule is COc1c(Br)cc(-c2cnn(C)c2N)c(C(C)C)c1OC. The van der Waals surface area contributed by atoms with Crippen LogP contribution in [0.4, 0.5) is 5.82 Å². The van der Waals surface area contributed by atoms with Crippen LogP contribution in [0, 0.1) is 0 Å². The number of rotatable bonds is 4. The van der Waals surface area contributed by atoms with Gasteiger partial charge in [0.15, 0.2) is 11.5 Å². The summed E-state index contributed by atoms with van der Waals surface area (Å²) in [6.45, 7) is 4.22. The molecule has 1 heterocycles. The summed E-state index contributed by atoms with van der Waals surface area (Å²) in [4.78, 5) is 0. The molecule has 114 valence electrons. The van der Waals surface area contributed by atoms with Crippen LogP contribution >= 0.6 is 15.9 Å². The average molecular weight is 354 g/mol. The maximum Gasteiger partial charge on any atom is 0.175 e. The molecule has 0 unspecified atom stereocenters. The van der Waals surface area contributed by atoms with E-state index in [0.717, 1.165) is 26.9 Å². The van der Waals surface area contributed by atoms with Crippen molar-refractivity contribution in [2.75, 3.05) is 20.0 Å². The number of nitrogens with zero attached hydrogens (tertiary/aromatic N) is 2. The smallest absolute Gasteiger partial charge is 0.175 e. The molecule has 0 spiro atoms. The van der Waals surface area contributed by atoms with E-state index in [-0.39, 0.29) is 5.92 Å². The summed E-state index contributed by atoms with van der Waals surface area (Å²) >= 11 is 3.54. The van der Waals surface area contributed by atoms with Gasteiger partial charge in [-0.05, 0) is 33.5 Å². The minimum Gasteiger partial charge on any atom is -0.492 e. The third kappa shape index (κ3) is 2.60. The maximum absolute atomic E-state index is 6.13. The second-order valence-electron chi connectivity index (χ2n) is 5.11. The van der Waals surface area contributed by atoms with Crippen LogP contribution in [0.1, 0.15) is 25.3 Å². The Morgan fingerprint density at radius 2 is 1.81 bits per heavy atom. The average Bonchev–Trinajstić information content (AvgIpc) is 2.77. The lowest BCUT2D eigenvalue weighted by molar-refractivity contribution is 0.349. The van der Waals surface area contributed by atoms with Crippen LogP contribution in [0.15, 0.2) is 16.7 Å². The minimum atomic E-state index is 0.247. The molecule has 0 radical (unpaired) electrons. The normalized spacial score (nSPS) is 11.0. The number of aromatic nitrogens is 2. The Balaban J connectivity index is 2.83. The molecule has 21 heavy (non-hydrogen) atoms. The fraction of sp³-hybridized carbons (Fsp3) is 0.400. The zero-order valence-corrected chi connectivity index (χ0v) is 14.5. The van der Waals surface area contributed by atoms with Gasteiger partial charge in [0, 0.05) is 18.2 Å². The highest BCUT2D eigenvalue weighted by atomic mass is 79.9. The highest BCUT2D eigenvalue weighted by molar-refractivity contribution is 9.10. The summed E-state index contributed by atoms with van der Waals surface area (Å²) in [7, 11) is 5.10. The van der Waals surface area contributed by atoms with Gasteiger partial charge in [-0.2, -0.15) is 5.10 Å². The van der Waals surface area contributed by atoms with Gasteiger partial charge in [-0.3, -0.25) is 4.68 Å². The van der Waals surface area contributed by atoms with Crippen molar-refractivity contribution in [2.24, 2.45) is 7.05 Å². The second-order valence-corrected chi connectivity index (χ2v) is 5.96. The lowest BCUT2D eigenvalue weighted by atomic mass is 9.92. The largest absolute Gasteiger partial charge is 0.492 e. The molecule has 2 aromatic rings. The quantitative estimate of drug-likeness (QED) is 0.912. The Bertz CT molecular complexity index is 665. The topological polar surface area (TPSA) is 62.3 Å². The molecule has 0 atom stereocenters. The number of hydrogen-bond donors (Lipinski definition) is 1. The van der Waals surface area contributed by atoms with E-state index in [9.17, 15) is 0 Å². The van der Waals surface area contributed by atoms with E-state index in [4.69, 9.17) is 15.2 Å². The molecule has 0 amide bonds. The molecule has 0 aliphatic heterocycles. The summed E-state index contributed by atoms with van der Waals surface area (Å²) in [5.74, 6) is 2.28. The first kappa shape index (κ1) is 15.7. The van der Waals surface area contributed by atoms with Gasteiger partial charge in [-0.25, -0.2) is 0 Å². The number of methoxy groups -OCH3 is 2. The molecular formula is C15H20BrN3O2. The summed E-state index contributed by atoms with van der Waals surface area (Å²) in [5.41, 5.74) is 9.07. The Morgan fingerprint density at radius 1 is 1.19 bits per heavy atom. The van der Waals surface area contributed by atoms with Gasteiger partial charge >= 0.3 is 0 Å². The van der Waals surface area contributed by atoms with Gasteiger partial charge in [-0.15, -0.1) is 0 Å². The van der Waals surface area contributed by atoms with E-state index < -0.39 is 0 Å². The number of hydrogen-bond acceptors (Lipinski definition) is 4. The highest BCUT2D eigenvalue weighted by Crippen LogP contribution is 2.47. The Kier molecular flexibility index (Phi) is 4.46. The predicted octanol–water partition coefficient (Wildman–Crippen LogP) is 3.57. The lowest BCUT2D eigenvalue weighted by Gasteiger charge is -2.20. The maximum atomic E-state index is 6.13. The zero-order valence-electron chi connectivity index (χ0n) is 12.9. The minimum absolute atomic E-state index is 0.247. The van der Waals surface area contributed by atoms with Gasteiger partial charge in [-0.1, -0.05) is 13.8 Å². The third-order valence-electron chi connectivity index (χ3n) is 3.49. The predicted molar refractivity (Wildman–Crippen MR) is 87.9 cm³/mol. The van der Waals surface area contributed by atoms with Crippen LogP contribution in [0.2, 0.25) is 0 Å². The molecule has 1 aromatic carbocycles. The van der Waals surface area contributed by atoms with Crippen molar-refractivity contribution in [3.8, 4) is 22.6 Å². The van der Waals surface area contributed by atoms with E-state index in [0.29, 0.717) is 11.6 Å². The van der Waals surface area contributed by atoms with Gasteiger partial charge < -0.3 is 15.2 Å². The third-order valence-corrected chi connectivity index (χ3v) is 4.08. The Morgan fingerprint density at radius 3 is 2.24 bits per heavy atom. The number of benzene rings is 1. The van der Waals surface area contributed by atoms with Crippen LogP contribution in [-0.2, 0) is 7.05 Å². The van der Waals surface area contributed by atoms with Gasteiger partial charge in [0.2, 0.25) is 0 Å². The van der Waals surface area contributed by atoms with E-state index in [1.54, 1.807) is 25.1 Å². The number of aryl methyl sites for hydroxylation is 1. The summed E-state index contributed by atoms with van der Waals surface area (Å²) in [5, 5.41) is 4.23. The van der Waals surface area contributed by atoms with Gasteiger partial charge in [0.25, 0.3) is 0 Å². The number of anilines is 1. The second kappa shape index (κ2) is 5.97. The lowest BCUT2D eigenvalue weighted by Crippen LogP contribution is -2.03. The van der Waals surface area contributed by atoms with Crippen molar-refractivity contribution < 1.29 is 9.47 Å². The molecule has 0 saturated heterocycles. The molecule has 1 aromatic heterocycles. The Labute approximate surface area is 133 Å². The first-order valence-corrected chi connectivity index (χ1v) is 7.43. The standard InChI is InChI=1S/C15H20BrN3O2/c1-8(2)12-9(10-7-18-19(3)15(10)17)6-11(16)13(20-4)14(12)21-5/h6-8H,17H2,1-5H3. The molecule has 5 nitrogen and oxygen atoms in total. The summed E-state index contributed by atoms with van der Waals surface area (Å²) < 4.78 is 13.5. The van der Waals surface area contributed by atoms with E-state index in [1.807, 2.05) is 13.1 Å². The van der Waals surface area contributed by atoms with Gasteiger partial charge in [0.05, 0.1) is 24.9 Å². The molecule has 0 saturated carbocycles.